The minimum absolute atomic E-state index is 0.0585. The average Bonchev–Trinajstić information content (AvgIpc) is 2.73. The lowest BCUT2D eigenvalue weighted by atomic mass is 10.1. The number of nitrogens with zero attached hydrogens (tertiary/aromatic N) is 1. The summed E-state index contributed by atoms with van der Waals surface area (Å²) < 4.78 is 15.9. The van der Waals surface area contributed by atoms with E-state index in [4.69, 9.17) is 26.4 Å². The summed E-state index contributed by atoms with van der Waals surface area (Å²) >= 11 is 5.18. The van der Waals surface area contributed by atoms with E-state index in [0.717, 1.165) is 5.56 Å². The third-order valence-electron chi connectivity index (χ3n) is 3.34. The first-order chi connectivity index (χ1) is 10.0. The highest BCUT2D eigenvalue weighted by Gasteiger charge is 2.32. The van der Waals surface area contributed by atoms with Crippen molar-refractivity contribution in [1.82, 2.24) is 10.2 Å². The van der Waals surface area contributed by atoms with Gasteiger partial charge < -0.3 is 19.5 Å². The molecule has 1 atom stereocenters. The molecule has 1 N–H and O–H groups in total. The highest BCUT2D eigenvalue weighted by atomic mass is 32.1. The third-order valence-corrected chi connectivity index (χ3v) is 3.67. The summed E-state index contributed by atoms with van der Waals surface area (Å²) in [6, 6.07) is 3.22. The molecule has 1 heterocycles. The van der Waals surface area contributed by atoms with Crippen LogP contribution in [-0.2, 0) is 11.3 Å². The minimum Gasteiger partial charge on any atom is -0.496 e. The highest BCUT2D eigenvalue weighted by Crippen LogP contribution is 2.35. The Morgan fingerprint density at radius 3 is 2.19 bits per heavy atom. The van der Waals surface area contributed by atoms with Crippen molar-refractivity contribution in [2.45, 2.75) is 19.5 Å². The number of nitrogens with one attached hydrogen (secondary N) is 1. The van der Waals surface area contributed by atoms with Gasteiger partial charge in [-0.05, 0) is 25.2 Å². The number of rotatable bonds is 5. The SMILES string of the molecule is COc1cc(OC)c(OC)cc1CN1C(=O)[C@H](C)NC1=S. The van der Waals surface area contributed by atoms with Crippen LogP contribution in [0.3, 0.4) is 0 Å². The van der Waals surface area contributed by atoms with Crippen molar-refractivity contribution >= 4 is 23.2 Å². The lowest BCUT2D eigenvalue weighted by Gasteiger charge is -2.19. The largest absolute Gasteiger partial charge is 0.496 e. The van der Waals surface area contributed by atoms with E-state index < -0.39 is 0 Å². The van der Waals surface area contributed by atoms with Gasteiger partial charge in [0, 0.05) is 11.6 Å². The van der Waals surface area contributed by atoms with Crippen LogP contribution in [0.25, 0.3) is 0 Å². The Bertz CT molecular complexity index is 576. The summed E-state index contributed by atoms with van der Waals surface area (Å²) in [4.78, 5) is 13.6. The fourth-order valence-electron chi connectivity index (χ4n) is 2.19. The molecule has 21 heavy (non-hydrogen) atoms. The second-order valence-corrected chi connectivity index (χ2v) is 5.00. The quantitative estimate of drug-likeness (QED) is 0.828. The van der Waals surface area contributed by atoms with Crippen LogP contribution in [0.5, 0.6) is 17.2 Å². The van der Waals surface area contributed by atoms with Crippen LogP contribution < -0.4 is 19.5 Å². The standard InChI is InChI=1S/C14H18N2O4S/c1-8-13(17)16(14(21)15-8)7-9-5-11(19-3)12(20-4)6-10(9)18-2/h5-6,8H,7H2,1-4H3,(H,15,21)/t8-/m0/s1. The molecule has 1 aromatic carbocycles. The summed E-state index contributed by atoms with van der Waals surface area (Å²) in [6.45, 7) is 2.10. The molecule has 0 unspecified atom stereocenters. The molecule has 114 valence electrons. The van der Waals surface area contributed by atoms with Gasteiger partial charge in [-0.25, -0.2) is 0 Å². The maximum Gasteiger partial charge on any atom is 0.251 e. The van der Waals surface area contributed by atoms with Crippen molar-refractivity contribution in [3.05, 3.63) is 17.7 Å². The normalized spacial score (nSPS) is 17.7. The van der Waals surface area contributed by atoms with Crippen LogP contribution in [0, 0.1) is 0 Å². The van der Waals surface area contributed by atoms with Crippen molar-refractivity contribution in [3.63, 3.8) is 0 Å². The number of benzene rings is 1. The number of hydrogen-bond donors (Lipinski definition) is 1. The average molecular weight is 310 g/mol. The molecule has 2 rings (SSSR count). The number of thiocarbonyl (C=S) groups is 1. The van der Waals surface area contributed by atoms with Gasteiger partial charge in [0.25, 0.3) is 5.91 Å². The second-order valence-electron chi connectivity index (χ2n) is 4.61. The molecule has 0 aromatic heterocycles. The van der Waals surface area contributed by atoms with Crippen molar-refractivity contribution in [2.24, 2.45) is 0 Å². The van der Waals surface area contributed by atoms with Crippen LogP contribution in [0.15, 0.2) is 12.1 Å². The molecular formula is C14H18N2O4S. The molecule has 0 radical (unpaired) electrons. The number of carbonyl (C=O) groups excluding carboxylic acids is 1. The van der Waals surface area contributed by atoms with Gasteiger partial charge in [-0.15, -0.1) is 0 Å². The smallest absolute Gasteiger partial charge is 0.251 e. The van der Waals surface area contributed by atoms with E-state index in [1.54, 1.807) is 40.4 Å². The Morgan fingerprint density at radius 1 is 1.14 bits per heavy atom. The van der Waals surface area contributed by atoms with Gasteiger partial charge >= 0.3 is 0 Å². The zero-order valence-corrected chi connectivity index (χ0v) is 13.2. The Labute approximate surface area is 129 Å². The zero-order chi connectivity index (χ0) is 15.6. The van der Waals surface area contributed by atoms with Crippen LogP contribution in [0.2, 0.25) is 0 Å². The van der Waals surface area contributed by atoms with Gasteiger partial charge in [0.05, 0.1) is 27.9 Å². The van der Waals surface area contributed by atoms with Crippen LogP contribution in [0.4, 0.5) is 0 Å². The predicted molar refractivity (Wildman–Crippen MR) is 81.8 cm³/mol. The number of carbonyl (C=O) groups is 1. The molecule has 1 aliphatic rings. The van der Waals surface area contributed by atoms with E-state index in [-0.39, 0.29) is 11.9 Å². The molecule has 1 fully saturated rings. The van der Waals surface area contributed by atoms with Gasteiger partial charge in [0.1, 0.15) is 11.8 Å². The molecular weight excluding hydrogens is 292 g/mol. The minimum atomic E-state index is -0.302. The fourth-order valence-corrected chi connectivity index (χ4v) is 2.53. The van der Waals surface area contributed by atoms with E-state index in [1.165, 1.54) is 4.90 Å². The fraction of sp³-hybridized carbons (Fsp3) is 0.429. The van der Waals surface area contributed by atoms with E-state index in [2.05, 4.69) is 5.32 Å². The first-order valence-corrected chi connectivity index (χ1v) is 6.83. The van der Waals surface area contributed by atoms with Crippen molar-refractivity contribution in [1.29, 1.82) is 0 Å². The Balaban J connectivity index is 2.35. The predicted octanol–water partition coefficient (Wildman–Crippen LogP) is 1.32. The maximum atomic E-state index is 12.1. The molecule has 1 aliphatic heterocycles. The Hall–Kier alpha value is -2.02. The van der Waals surface area contributed by atoms with Crippen LogP contribution >= 0.6 is 12.2 Å². The topological polar surface area (TPSA) is 60.0 Å². The summed E-state index contributed by atoms with van der Waals surface area (Å²) in [5.41, 5.74) is 0.793. The Kier molecular flexibility index (Phi) is 4.52. The van der Waals surface area contributed by atoms with Gasteiger partial charge in [0.2, 0.25) is 0 Å². The summed E-state index contributed by atoms with van der Waals surface area (Å²) in [7, 11) is 4.68. The number of amides is 1. The molecule has 1 saturated heterocycles. The third kappa shape index (κ3) is 2.87. The number of ether oxygens (including phenoxy) is 3. The summed E-state index contributed by atoms with van der Waals surface area (Å²) in [5.74, 6) is 1.70. The van der Waals surface area contributed by atoms with Crippen molar-refractivity contribution in [3.8, 4) is 17.2 Å². The molecule has 1 amide bonds. The van der Waals surface area contributed by atoms with E-state index >= 15 is 0 Å². The van der Waals surface area contributed by atoms with Crippen molar-refractivity contribution < 1.29 is 19.0 Å². The van der Waals surface area contributed by atoms with E-state index in [0.29, 0.717) is 28.9 Å². The molecule has 0 saturated carbocycles. The van der Waals surface area contributed by atoms with Gasteiger partial charge in [0.15, 0.2) is 16.6 Å². The molecule has 0 aliphatic carbocycles. The highest BCUT2D eigenvalue weighted by molar-refractivity contribution is 7.80. The number of methoxy groups -OCH3 is 3. The first kappa shape index (κ1) is 15.4. The number of hydrogen-bond acceptors (Lipinski definition) is 5. The molecule has 6 nitrogen and oxygen atoms in total. The Morgan fingerprint density at radius 2 is 1.71 bits per heavy atom. The first-order valence-electron chi connectivity index (χ1n) is 6.42. The van der Waals surface area contributed by atoms with Crippen LogP contribution in [-0.4, -0.2) is 43.3 Å². The van der Waals surface area contributed by atoms with E-state index in [9.17, 15) is 4.79 Å². The molecule has 0 spiro atoms. The lowest BCUT2D eigenvalue weighted by molar-refractivity contribution is -0.127. The summed E-state index contributed by atoms with van der Waals surface area (Å²) in [6.07, 6.45) is 0. The molecule has 7 heteroatoms. The van der Waals surface area contributed by atoms with Gasteiger partial charge in [-0.1, -0.05) is 0 Å². The summed E-state index contributed by atoms with van der Waals surface area (Å²) in [5, 5.41) is 3.36. The lowest BCUT2D eigenvalue weighted by Crippen LogP contribution is -2.30. The zero-order valence-electron chi connectivity index (χ0n) is 12.4. The van der Waals surface area contributed by atoms with Gasteiger partial charge in [-0.2, -0.15) is 0 Å². The maximum absolute atomic E-state index is 12.1. The van der Waals surface area contributed by atoms with Gasteiger partial charge in [-0.3, -0.25) is 9.69 Å². The molecule has 0 bridgehead atoms. The molecule has 1 aromatic rings. The van der Waals surface area contributed by atoms with Crippen molar-refractivity contribution in [2.75, 3.05) is 21.3 Å². The second kappa shape index (κ2) is 6.17. The monoisotopic (exact) mass is 310 g/mol. The van der Waals surface area contributed by atoms with Crippen LogP contribution in [0.1, 0.15) is 12.5 Å². The van der Waals surface area contributed by atoms with E-state index in [1.807, 2.05) is 0 Å².